The van der Waals surface area contributed by atoms with Crippen LogP contribution in [0.4, 0.5) is 4.39 Å². The van der Waals surface area contributed by atoms with E-state index in [-0.39, 0.29) is 5.75 Å². The number of benzene rings is 1. The van der Waals surface area contributed by atoms with Crippen LogP contribution in [-0.2, 0) is 4.79 Å². The van der Waals surface area contributed by atoms with Gasteiger partial charge < -0.3 is 14.4 Å². The molecule has 0 N–H and O–H groups in total. The van der Waals surface area contributed by atoms with Crippen LogP contribution in [0, 0.1) is 5.92 Å². The van der Waals surface area contributed by atoms with E-state index in [1.54, 1.807) is 18.2 Å². The van der Waals surface area contributed by atoms with Gasteiger partial charge in [-0.25, -0.2) is 0 Å². The van der Waals surface area contributed by atoms with Crippen molar-refractivity contribution >= 4 is 17.4 Å². The third-order valence-corrected chi connectivity index (χ3v) is 4.85. The van der Waals surface area contributed by atoms with Gasteiger partial charge in [-0.15, -0.1) is 0 Å². The molecule has 4 nitrogen and oxygen atoms in total. The Hall–Kier alpha value is -1.33. The number of carbonyl (C=O) groups is 1. The van der Waals surface area contributed by atoms with E-state index in [4.69, 9.17) is 11.6 Å². The molecule has 0 aromatic heterocycles. The van der Waals surface area contributed by atoms with E-state index < -0.39 is 6.54 Å². The quantitative estimate of drug-likeness (QED) is 0.687. The molecular weight excluding hydrogens is 333 g/mol. The zero-order valence-corrected chi connectivity index (χ0v) is 15.2. The Labute approximate surface area is 147 Å². The number of hydrogen-bond acceptors (Lipinski definition) is 4. The van der Waals surface area contributed by atoms with Gasteiger partial charge in [-0.2, -0.15) is 4.39 Å². The Morgan fingerprint density at radius 2 is 2.00 bits per heavy atom. The zero-order chi connectivity index (χ0) is 17.7. The molecule has 24 heavy (non-hydrogen) atoms. The maximum atomic E-state index is 12.4. The van der Waals surface area contributed by atoms with Gasteiger partial charge >= 0.3 is 6.54 Å². The Kier molecular flexibility index (Phi) is 6.87. The van der Waals surface area contributed by atoms with Gasteiger partial charge in [0.1, 0.15) is 5.78 Å². The van der Waals surface area contributed by atoms with E-state index in [2.05, 4.69) is 21.4 Å². The molecule has 1 aliphatic carbocycles. The largest absolute Gasteiger partial charge is 0.425 e. The molecule has 1 saturated heterocycles. The van der Waals surface area contributed by atoms with E-state index in [1.807, 2.05) is 13.8 Å². The summed E-state index contributed by atoms with van der Waals surface area (Å²) in [5.74, 6) is 1.93. The van der Waals surface area contributed by atoms with Gasteiger partial charge in [0.2, 0.25) is 0 Å². The number of hydrogen-bond donors (Lipinski definition) is 0. The van der Waals surface area contributed by atoms with E-state index in [9.17, 15) is 9.18 Å². The fourth-order valence-electron chi connectivity index (χ4n) is 3.34. The number of carbonyl (C=O) groups excluding carboxylic acids is 1. The standard InChI is InChI=1S/C9H15NO.C7H4ClFO2.C2H6/c1-10-5-4-7-2-3-8(11)6-9(7)10;8-4-2-1-3-5-6(4)11-7(9)10-5;1-2/h7,9H,2-6H2,1H3;1-3,7H;1-2H3. The number of ether oxygens (including phenoxy) is 2. The van der Waals surface area contributed by atoms with Crippen molar-refractivity contribution in [3.63, 3.8) is 0 Å². The summed E-state index contributed by atoms with van der Waals surface area (Å²) in [7, 11) is 2.14. The van der Waals surface area contributed by atoms with E-state index in [0.29, 0.717) is 22.6 Å². The summed E-state index contributed by atoms with van der Waals surface area (Å²) in [6.45, 7) is 3.48. The molecule has 1 saturated carbocycles. The maximum Gasteiger partial charge on any atom is 0.397 e. The Balaban J connectivity index is 0.000000158. The predicted molar refractivity (Wildman–Crippen MR) is 92.3 cm³/mol. The normalized spacial score (nSPS) is 27.5. The highest BCUT2D eigenvalue weighted by Crippen LogP contribution is 2.40. The number of likely N-dealkylation sites (tertiary alicyclic amines) is 1. The first-order valence-corrected chi connectivity index (χ1v) is 8.90. The lowest BCUT2D eigenvalue weighted by Gasteiger charge is -2.28. The smallest absolute Gasteiger partial charge is 0.397 e. The molecule has 1 aromatic carbocycles. The molecule has 0 radical (unpaired) electrons. The highest BCUT2D eigenvalue weighted by Gasteiger charge is 2.36. The molecule has 2 heterocycles. The molecule has 3 atom stereocenters. The molecule has 2 aliphatic heterocycles. The molecule has 3 unspecified atom stereocenters. The van der Waals surface area contributed by atoms with Gasteiger partial charge in [0.25, 0.3) is 0 Å². The first-order valence-electron chi connectivity index (χ1n) is 8.52. The van der Waals surface area contributed by atoms with E-state index in [0.717, 1.165) is 25.2 Å². The molecule has 1 aromatic rings. The minimum Gasteiger partial charge on any atom is -0.425 e. The molecule has 2 fully saturated rings. The zero-order valence-electron chi connectivity index (χ0n) is 14.4. The second-order valence-electron chi connectivity index (χ2n) is 5.96. The average Bonchev–Trinajstić information content (AvgIpc) is 3.14. The number of ketones is 1. The number of para-hydroxylation sites is 1. The second-order valence-corrected chi connectivity index (χ2v) is 6.36. The van der Waals surface area contributed by atoms with Gasteiger partial charge in [-0.1, -0.05) is 31.5 Å². The number of alkyl halides is 1. The second kappa shape index (κ2) is 8.67. The Morgan fingerprint density at radius 1 is 1.25 bits per heavy atom. The van der Waals surface area contributed by atoms with Crippen molar-refractivity contribution in [3.8, 4) is 11.5 Å². The van der Waals surface area contributed by atoms with Crippen molar-refractivity contribution < 1.29 is 18.7 Å². The maximum absolute atomic E-state index is 12.4. The van der Waals surface area contributed by atoms with Crippen LogP contribution in [0.15, 0.2) is 18.2 Å². The minimum absolute atomic E-state index is 0.279. The van der Waals surface area contributed by atoms with Crippen LogP contribution >= 0.6 is 11.6 Å². The van der Waals surface area contributed by atoms with Crippen LogP contribution in [0.3, 0.4) is 0 Å². The van der Waals surface area contributed by atoms with Gasteiger partial charge in [-0.05, 0) is 44.5 Å². The lowest BCUT2D eigenvalue weighted by Crippen LogP contribution is -2.35. The summed E-state index contributed by atoms with van der Waals surface area (Å²) >= 11 is 5.66. The number of halogens is 2. The third-order valence-electron chi connectivity index (χ3n) is 4.55. The van der Waals surface area contributed by atoms with Gasteiger partial charge in [0.05, 0.1) is 5.02 Å². The van der Waals surface area contributed by atoms with Crippen molar-refractivity contribution in [3.05, 3.63) is 23.2 Å². The molecule has 6 heteroatoms. The average molecular weight is 358 g/mol. The third kappa shape index (κ3) is 4.39. The SMILES string of the molecule is CC.CN1CCC2CCC(=O)CC21.FC1Oc2cccc(Cl)c2O1. The summed E-state index contributed by atoms with van der Waals surface area (Å²) in [6.07, 6.45) is 4.12. The molecule has 0 spiro atoms. The van der Waals surface area contributed by atoms with Crippen molar-refractivity contribution in [1.82, 2.24) is 4.90 Å². The van der Waals surface area contributed by atoms with E-state index in [1.165, 1.54) is 13.0 Å². The Morgan fingerprint density at radius 3 is 2.71 bits per heavy atom. The van der Waals surface area contributed by atoms with Crippen LogP contribution in [0.25, 0.3) is 0 Å². The highest BCUT2D eigenvalue weighted by atomic mass is 35.5. The molecular formula is C18H25ClFNO3. The first-order chi connectivity index (χ1) is 11.5. The van der Waals surface area contributed by atoms with Gasteiger partial charge in [-0.3, -0.25) is 4.79 Å². The molecule has 0 bridgehead atoms. The monoisotopic (exact) mass is 357 g/mol. The topological polar surface area (TPSA) is 38.8 Å². The number of nitrogens with zero attached hydrogens (tertiary/aromatic N) is 1. The van der Waals surface area contributed by atoms with Crippen LogP contribution in [0.2, 0.25) is 5.02 Å². The number of fused-ring (bicyclic) bond motifs is 2. The van der Waals surface area contributed by atoms with Crippen molar-refractivity contribution in [2.45, 2.75) is 52.1 Å². The summed E-state index contributed by atoms with van der Waals surface area (Å²) in [4.78, 5) is 13.5. The fourth-order valence-corrected chi connectivity index (χ4v) is 3.55. The number of rotatable bonds is 0. The van der Waals surface area contributed by atoms with Crippen LogP contribution in [-0.4, -0.2) is 36.9 Å². The first kappa shape index (κ1) is 19.0. The predicted octanol–water partition coefficient (Wildman–Crippen LogP) is 4.45. The van der Waals surface area contributed by atoms with E-state index >= 15 is 0 Å². The Bertz CT molecular complexity index is 569. The van der Waals surface area contributed by atoms with Gasteiger partial charge in [0, 0.05) is 18.9 Å². The molecule has 3 aliphatic rings. The summed E-state index contributed by atoms with van der Waals surface area (Å²) < 4.78 is 21.6. The minimum atomic E-state index is -1.72. The lowest BCUT2D eigenvalue weighted by molar-refractivity contribution is -0.122. The summed E-state index contributed by atoms with van der Waals surface area (Å²) in [5, 5.41) is 0.364. The van der Waals surface area contributed by atoms with Gasteiger partial charge in [0.15, 0.2) is 11.5 Å². The highest BCUT2D eigenvalue weighted by molar-refractivity contribution is 6.32. The van der Waals surface area contributed by atoms with Crippen molar-refractivity contribution in [2.24, 2.45) is 5.92 Å². The fraction of sp³-hybridized carbons (Fsp3) is 0.611. The summed E-state index contributed by atoms with van der Waals surface area (Å²) in [6, 6.07) is 5.47. The van der Waals surface area contributed by atoms with Crippen molar-refractivity contribution in [2.75, 3.05) is 13.6 Å². The van der Waals surface area contributed by atoms with Crippen LogP contribution in [0.1, 0.15) is 39.5 Å². The molecule has 134 valence electrons. The van der Waals surface area contributed by atoms with Crippen LogP contribution in [0.5, 0.6) is 11.5 Å². The number of Topliss-reactive ketones (excluding diaryl/α,β-unsaturated/α-hetero) is 1. The lowest BCUT2D eigenvalue weighted by atomic mass is 9.84. The molecule has 4 rings (SSSR count). The van der Waals surface area contributed by atoms with Crippen LogP contribution < -0.4 is 9.47 Å². The van der Waals surface area contributed by atoms with Crippen molar-refractivity contribution in [1.29, 1.82) is 0 Å². The molecule has 0 amide bonds. The summed E-state index contributed by atoms with van der Waals surface area (Å²) in [5.41, 5.74) is 0.